The Balaban J connectivity index is 1.84. The molecule has 1 heterocycles. The summed E-state index contributed by atoms with van der Waals surface area (Å²) < 4.78 is 36.8. The number of aromatic nitrogens is 2. The fraction of sp³-hybridized carbons (Fsp3) is 0.111. The molecule has 0 aliphatic rings. The van der Waals surface area contributed by atoms with Crippen molar-refractivity contribution in [3.63, 3.8) is 0 Å². The van der Waals surface area contributed by atoms with Gasteiger partial charge in [0.15, 0.2) is 15.7 Å². The molecule has 0 saturated carbocycles. The molecule has 1 aromatic heterocycles. The second kappa shape index (κ2) is 6.98. The normalized spacial score (nSPS) is 11.3. The molecule has 0 amide bonds. The van der Waals surface area contributed by atoms with Crippen molar-refractivity contribution >= 4 is 15.7 Å². The molecule has 3 rings (SSSR count). The van der Waals surface area contributed by atoms with Crippen molar-refractivity contribution in [1.82, 2.24) is 9.97 Å². The van der Waals surface area contributed by atoms with Crippen LogP contribution in [0.5, 0.6) is 0 Å². The first-order valence-corrected chi connectivity index (χ1v) is 9.44. The SMILES string of the molecule is CS(=O)(=O)c1ccc(-c2nc([18F])cc(NCc3ccccc3)n2)cc1. The van der Waals surface area contributed by atoms with Gasteiger partial charge in [0.05, 0.1) is 4.90 Å². The van der Waals surface area contributed by atoms with E-state index in [-0.39, 0.29) is 10.7 Å². The van der Waals surface area contributed by atoms with Crippen molar-refractivity contribution in [3.8, 4) is 11.4 Å². The lowest BCUT2D eigenvalue weighted by Crippen LogP contribution is -2.04. The molecule has 0 spiro atoms. The number of rotatable bonds is 5. The van der Waals surface area contributed by atoms with Crippen molar-refractivity contribution in [2.45, 2.75) is 11.4 Å². The third-order valence-corrected chi connectivity index (χ3v) is 4.68. The van der Waals surface area contributed by atoms with Gasteiger partial charge in [0.25, 0.3) is 0 Å². The Morgan fingerprint density at radius 1 is 1.00 bits per heavy atom. The first kappa shape index (κ1) is 17.0. The molecule has 128 valence electrons. The third kappa shape index (κ3) is 4.39. The molecular weight excluding hydrogens is 340 g/mol. The van der Waals surface area contributed by atoms with E-state index in [1.807, 2.05) is 30.3 Å². The second-order valence-electron chi connectivity index (χ2n) is 5.54. The van der Waals surface area contributed by atoms with Crippen molar-refractivity contribution in [2.24, 2.45) is 0 Å². The first-order chi connectivity index (χ1) is 11.9. The lowest BCUT2D eigenvalue weighted by Gasteiger charge is -2.08. The van der Waals surface area contributed by atoms with Gasteiger partial charge in [-0.05, 0) is 29.8 Å². The highest BCUT2D eigenvalue weighted by molar-refractivity contribution is 7.90. The zero-order chi connectivity index (χ0) is 17.9. The Bertz CT molecular complexity index is 975. The van der Waals surface area contributed by atoms with E-state index in [4.69, 9.17) is 0 Å². The maximum Gasteiger partial charge on any atom is 0.218 e. The summed E-state index contributed by atoms with van der Waals surface area (Å²) >= 11 is 0. The van der Waals surface area contributed by atoms with Gasteiger partial charge in [-0.3, -0.25) is 0 Å². The molecule has 0 radical (unpaired) electrons. The van der Waals surface area contributed by atoms with E-state index >= 15 is 0 Å². The fourth-order valence-corrected chi connectivity index (χ4v) is 2.91. The van der Waals surface area contributed by atoms with E-state index in [1.165, 1.54) is 18.2 Å². The van der Waals surface area contributed by atoms with Crippen LogP contribution in [0.1, 0.15) is 5.56 Å². The number of halogens is 1. The number of nitrogens with zero attached hydrogens (tertiary/aromatic N) is 2. The molecule has 0 atom stereocenters. The average Bonchev–Trinajstić information content (AvgIpc) is 2.60. The Morgan fingerprint density at radius 2 is 1.68 bits per heavy atom. The molecule has 5 nitrogen and oxygen atoms in total. The van der Waals surface area contributed by atoms with Crippen molar-refractivity contribution in [2.75, 3.05) is 11.6 Å². The molecule has 1 N–H and O–H groups in total. The molecule has 7 heteroatoms. The zero-order valence-electron chi connectivity index (χ0n) is 13.5. The Morgan fingerprint density at radius 3 is 2.32 bits per heavy atom. The lowest BCUT2D eigenvalue weighted by molar-refractivity contribution is 0.582. The Kier molecular flexibility index (Phi) is 4.76. The zero-order valence-corrected chi connectivity index (χ0v) is 14.3. The molecule has 0 saturated heterocycles. The van der Waals surface area contributed by atoms with Gasteiger partial charge in [0.2, 0.25) is 5.95 Å². The van der Waals surface area contributed by atoms with Crippen LogP contribution in [0.3, 0.4) is 0 Å². The summed E-state index contributed by atoms with van der Waals surface area (Å²) in [6, 6.07) is 16.9. The number of hydrogen-bond acceptors (Lipinski definition) is 5. The van der Waals surface area contributed by atoms with E-state index in [0.29, 0.717) is 17.9 Å². The van der Waals surface area contributed by atoms with Crippen LogP contribution in [0.15, 0.2) is 65.6 Å². The standard InChI is InChI=1S/C18H16FN3O2S/c1-25(23,24)15-9-7-14(8-10-15)18-21-16(19)11-17(22-18)20-12-13-5-3-2-4-6-13/h2-11H,12H2,1H3,(H,20,21,22)/i19-1. The van der Waals surface area contributed by atoms with Crippen LogP contribution in [-0.4, -0.2) is 24.6 Å². The number of sulfone groups is 1. The highest BCUT2D eigenvalue weighted by Crippen LogP contribution is 2.20. The molecule has 25 heavy (non-hydrogen) atoms. The quantitative estimate of drug-likeness (QED) is 0.710. The first-order valence-electron chi connectivity index (χ1n) is 7.55. The summed E-state index contributed by atoms with van der Waals surface area (Å²) in [5.74, 6) is -0.109. The Hall–Kier alpha value is -2.80. The maximum atomic E-state index is 13.8. The monoisotopic (exact) mass is 356 g/mol. The summed E-state index contributed by atoms with van der Waals surface area (Å²) in [6.45, 7) is 0.504. The van der Waals surface area contributed by atoms with Crippen LogP contribution in [0, 0.1) is 5.95 Å². The summed E-state index contributed by atoms with van der Waals surface area (Å²) in [4.78, 5) is 8.27. The van der Waals surface area contributed by atoms with Crippen molar-refractivity contribution in [3.05, 3.63) is 72.2 Å². The number of hydrogen-bond donors (Lipinski definition) is 1. The summed E-state index contributed by atoms with van der Waals surface area (Å²) in [6.07, 6.45) is 1.13. The van der Waals surface area contributed by atoms with Crippen LogP contribution in [0.2, 0.25) is 0 Å². The van der Waals surface area contributed by atoms with Crippen LogP contribution < -0.4 is 5.32 Å². The third-order valence-electron chi connectivity index (χ3n) is 3.55. The van der Waals surface area contributed by atoms with Crippen LogP contribution in [-0.2, 0) is 16.4 Å². The van der Waals surface area contributed by atoms with Crippen LogP contribution >= 0.6 is 0 Å². The molecule has 0 aliphatic heterocycles. The molecule has 0 aliphatic carbocycles. The van der Waals surface area contributed by atoms with Gasteiger partial charge < -0.3 is 5.32 Å². The predicted molar refractivity (Wildman–Crippen MR) is 94.3 cm³/mol. The molecule has 0 unspecified atom stereocenters. The fourth-order valence-electron chi connectivity index (χ4n) is 2.28. The van der Waals surface area contributed by atoms with E-state index in [1.54, 1.807) is 12.1 Å². The summed E-state index contributed by atoms with van der Waals surface area (Å²) in [7, 11) is -3.28. The van der Waals surface area contributed by atoms with Gasteiger partial charge in [0.1, 0.15) is 5.82 Å². The highest BCUT2D eigenvalue weighted by atomic mass is 32.2. The second-order valence-corrected chi connectivity index (χ2v) is 7.55. The summed E-state index contributed by atoms with van der Waals surface area (Å²) in [5.41, 5.74) is 1.58. The molecule has 2 aromatic carbocycles. The van der Waals surface area contributed by atoms with E-state index in [2.05, 4.69) is 15.3 Å². The topological polar surface area (TPSA) is 72.0 Å². The van der Waals surface area contributed by atoms with Gasteiger partial charge in [-0.1, -0.05) is 30.3 Å². The number of benzene rings is 2. The highest BCUT2D eigenvalue weighted by Gasteiger charge is 2.10. The van der Waals surface area contributed by atoms with E-state index in [9.17, 15) is 12.8 Å². The minimum Gasteiger partial charge on any atom is -0.366 e. The van der Waals surface area contributed by atoms with Gasteiger partial charge in [-0.25, -0.2) is 13.4 Å². The van der Waals surface area contributed by atoms with Gasteiger partial charge in [-0.15, -0.1) is 0 Å². The number of nitrogens with one attached hydrogen (secondary N) is 1. The molecule has 0 fully saturated rings. The lowest BCUT2D eigenvalue weighted by atomic mass is 10.2. The largest absolute Gasteiger partial charge is 0.366 e. The van der Waals surface area contributed by atoms with Crippen LogP contribution in [0.25, 0.3) is 11.4 Å². The predicted octanol–water partition coefficient (Wildman–Crippen LogP) is 3.30. The average molecular weight is 356 g/mol. The maximum absolute atomic E-state index is 13.8. The van der Waals surface area contributed by atoms with Gasteiger partial charge in [0, 0.05) is 24.4 Å². The number of anilines is 1. The molecule has 0 bridgehead atoms. The summed E-state index contributed by atoms with van der Waals surface area (Å²) in [5, 5.41) is 3.06. The van der Waals surface area contributed by atoms with Crippen molar-refractivity contribution in [1.29, 1.82) is 0 Å². The smallest absolute Gasteiger partial charge is 0.218 e. The molecule has 3 aromatic rings. The van der Waals surface area contributed by atoms with Crippen molar-refractivity contribution < 1.29 is 12.8 Å². The minimum atomic E-state index is -3.28. The van der Waals surface area contributed by atoms with E-state index in [0.717, 1.165) is 11.8 Å². The van der Waals surface area contributed by atoms with E-state index < -0.39 is 15.8 Å². The minimum absolute atomic E-state index is 0.190. The van der Waals surface area contributed by atoms with Crippen LogP contribution in [0.4, 0.5) is 10.2 Å². The Labute approximate surface area is 145 Å². The van der Waals surface area contributed by atoms with Gasteiger partial charge in [-0.2, -0.15) is 9.37 Å². The molecular formula is C18H16FN3O2S. The van der Waals surface area contributed by atoms with Gasteiger partial charge >= 0.3 is 0 Å².